The standard InChI is InChI=1S/C14H19BrO2/c1-3-6-14(16)13(15)9-11-7-4-5-8-12(11)10-17-2/h4-5,7-8,13H,3,6,9-10H2,1-2H3. The van der Waals surface area contributed by atoms with Crippen LogP contribution in [0.5, 0.6) is 0 Å². The Morgan fingerprint density at radius 2 is 2.00 bits per heavy atom. The minimum Gasteiger partial charge on any atom is -0.380 e. The Kier molecular flexibility index (Phi) is 6.45. The summed E-state index contributed by atoms with van der Waals surface area (Å²) in [4.78, 5) is 11.7. The van der Waals surface area contributed by atoms with E-state index in [-0.39, 0.29) is 10.6 Å². The van der Waals surface area contributed by atoms with Crippen LogP contribution in [0, 0.1) is 0 Å². The second kappa shape index (κ2) is 7.62. The highest BCUT2D eigenvalue weighted by atomic mass is 79.9. The molecule has 0 bridgehead atoms. The molecule has 1 aromatic rings. The van der Waals surface area contributed by atoms with Crippen LogP contribution in [0.4, 0.5) is 0 Å². The number of carbonyl (C=O) groups is 1. The van der Waals surface area contributed by atoms with Crippen LogP contribution in [0.2, 0.25) is 0 Å². The van der Waals surface area contributed by atoms with Gasteiger partial charge in [0.05, 0.1) is 11.4 Å². The van der Waals surface area contributed by atoms with Crippen molar-refractivity contribution in [2.24, 2.45) is 0 Å². The van der Waals surface area contributed by atoms with E-state index in [0.29, 0.717) is 13.0 Å². The van der Waals surface area contributed by atoms with Gasteiger partial charge in [-0.25, -0.2) is 0 Å². The van der Waals surface area contributed by atoms with Crippen LogP contribution in [0.3, 0.4) is 0 Å². The molecule has 1 unspecified atom stereocenters. The maximum atomic E-state index is 11.7. The fourth-order valence-electron chi connectivity index (χ4n) is 1.76. The van der Waals surface area contributed by atoms with Gasteiger partial charge in [-0.15, -0.1) is 0 Å². The number of rotatable bonds is 7. The van der Waals surface area contributed by atoms with Crippen molar-refractivity contribution < 1.29 is 9.53 Å². The smallest absolute Gasteiger partial charge is 0.146 e. The summed E-state index contributed by atoms with van der Waals surface area (Å²) < 4.78 is 5.16. The second-order valence-electron chi connectivity index (χ2n) is 4.09. The van der Waals surface area contributed by atoms with Gasteiger partial charge >= 0.3 is 0 Å². The number of ether oxygens (including phenoxy) is 1. The Hall–Kier alpha value is -0.670. The number of hydrogen-bond acceptors (Lipinski definition) is 2. The number of Topliss-reactive ketones (excluding diaryl/α,β-unsaturated/α-hetero) is 1. The van der Waals surface area contributed by atoms with Crippen molar-refractivity contribution in [3.63, 3.8) is 0 Å². The first-order valence-electron chi connectivity index (χ1n) is 5.91. The first kappa shape index (κ1) is 14.4. The zero-order valence-corrected chi connectivity index (χ0v) is 12.0. The molecule has 0 saturated heterocycles. The summed E-state index contributed by atoms with van der Waals surface area (Å²) in [5, 5.41) is 0. The van der Waals surface area contributed by atoms with Crippen molar-refractivity contribution in [2.75, 3.05) is 7.11 Å². The van der Waals surface area contributed by atoms with Crippen LogP contribution in [-0.2, 0) is 22.6 Å². The average Bonchev–Trinajstić information content (AvgIpc) is 2.32. The summed E-state index contributed by atoms with van der Waals surface area (Å²) in [6.45, 7) is 2.62. The highest BCUT2D eigenvalue weighted by Gasteiger charge is 2.15. The van der Waals surface area contributed by atoms with Crippen molar-refractivity contribution in [3.05, 3.63) is 35.4 Å². The van der Waals surface area contributed by atoms with E-state index >= 15 is 0 Å². The van der Waals surface area contributed by atoms with Crippen molar-refractivity contribution >= 4 is 21.7 Å². The molecule has 1 rings (SSSR count). The number of benzene rings is 1. The van der Waals surface area contributed by atoms with Gasteiger partial charge in [-0.1, -0.05) is 47.1 Å². The van der Waals surface area contributed by atoms with Gasteiger partial charge < -0.3 is 4.74 Å². The Labute approximate surface area is 111 Å². The third-order valence-electron chi connectivity index (χ3n) is 2.66. The van der Waals surface area contributed by atoms with Crippen LogP contribution in [-0.4, -0.2) is 17.7 Å². The van der Waals surface area contributed by atoms with Gasteiger partial charge in [0.15, 0.2) is 0 Å². The molecule has 94 valence electrons. The summed E-state index contributed by atoms with van der Waals surface area (Å²) in [5.41, 5.74) is 2.34. The summed E-state index contributed by atoms with van der Waals surface area (Å²) in [7, 11) is 1.69. The summed E-state index contributed by atoms with van der Waals surface area (Å²) >= 11 is 3.48. The molecular weight excluding hydrogens is 280 g/mol. The fraction of sp³-hybridized carbons (Fsp3) is 0.500. The Morgan fingerprint density at radius 1 is 1.35 bits per heavy atom. The monoisotopic (exact) mass is 298 g/mol. The van der Waals surface area contributed by atoms with Crippen molar-refractivity contribution in [1.29, 1.82) is 0 Å². The molecule has 0 N–H and O–H groups in total. The van der Waals surface area contributed by atoms with Gasteiger partial charge in [0.1, 0.15) is 5.78 Å². The quantitative estimate of drug-likeness (QED) is 0.720. The van der Waals surface area contributed by atoms with Gasteiger partial charge in [-0.2, -0.15) is 0 Å². The molecule has 2 nitrogen and oxygen atoms in total. The van der Waals surface area contributed by atoms with Crippen LogP contribution in [0.1, 0.15) is 30.9 Å². The van der Waals surface area contributed by atoms with Gasteiger partial charge in [0.25, 0.3) is 0 Å². The fourth-order valence-corrected chi connectivity index (χ4v) is 2.34. The molecule has 0 fully saturated rings. The van der Waals surface area contributed by atoms with Gasteiger partial charge in [0.2, 0.25) is 0 Å². The van der Waals surface area contributed by atoms with Crippen molar-refractivity contribution in [1.82, 2.24) is 0 Å². The predicted molar refractivity (Wildman–Crippen MR) is 73.5 cm³/mol. The molecule has 0 aliphatic heterocycles. The van der Waals surface area contributed by atoms with Crippen LogP contribution in [0.25, 0.3) is 0 Å². The van der Waals surface area contributed by atoms with Crippen molar-refractivity contribution in [3.8, 4) is 0 Å². The van der Waals surface area contributed by atoms with Gasteiger partial charge in [-0.05, 0) is 24.0 Å². The molecule has 0 aliphatic carbocycles. The maximum absolute atomic E-state index is 11.7. The molecule has 0 aliphatic rings. The topological polar surface area (TPSA) is 26.3 Å². The second-order valence-corrected chi connectivity index (χ2v) is 5.20. The molecule has 0 amide bonds. The number of hydrogen-bond donors (Lipinski definition) is 0. The summed E-state index contributed by atoms with van der Waals surface area (Å²) in [5.74, 6) is 0.278. The normalized spacial score (nSPS) is 12.4. The highest BCUT2D eigenvalue weighted by Crippen LogP contribution is 2.17. The SMILES string of the molecule is CCCC(=O)C(Br)Cc1ccccc1COC. The molecule has 1 atom stereocenters. The molecule has 0 saturated carbocycles. The molecule has 0 aromatic heterocycles. The molecule has 0 heterocycles. The zero-order valence-electron chi connectivity index (χ0n) is 10.4. The lowest BCUT2D eigenvalue weighted by Crippen LogP contribution is -2.17. The summed E-state index contributed by atoms with van der Waals surface area (Å²) in [6.07, 6.45) is 2.28. The molecular formula is C14H19BrO2. The Balaban J connectivity index is 2.70. The third kappa shape index (κ3) is 4.60. The number of ketones is 1. The van der Waals surface area contributed by atoms with Gasteiger partial charge in [0, 0.05) is 13.5 Å². The number of halogens is 1. The van der Waals surface area contributed by atoms with Crippen LogP contribution in [0.15, 0.2) is 24.3 Å². The highest BCUT2D eigenvalue weighted by molar-refractivity contribution is 9.10. The van der Waals surface area contributed by atoms with E-state index in [1.165, 1.54) is 5.56 Å². The zero-order chi connectivity index (χ0) is 12.7. The lowest BCUT2D eigenvalue weighted by atomic mass is 10.0. The van der Waals surface area contributed by atoms with E-state index < -0.39 is 0 Å². The van der Waals surface area contributed by atoms with E-state index in [9.17, 15) is 4.79 Å². The minimum atomic E-state index is -0.0829. The minimum absolute atomic E-state index is 0.0829. The van der Waals surface area contributed by atoms with Crippen molar-refractivity contribution in [2.45, 2.75) is 37.6 Å². The summed E-state index contributed by atoms with van der Waals surface area (Å²) in [6, 6.07) is 8.10. The van der Waals surface area contributed by atoms with E-state index in [1.54, 1.807) is 7.11 Å². The van der Waals surface area contributed by atoms with E-state index in [1.807, 2.05) is 25.1 Å². The Morgan fingerprint density at radius 3 is 2.59 bits per heavy atom. The molecule has 0 radical (unpaired) electrons. The lowest BCUT2D eigenvalue weighted by Gasteiger charge is -2.12. The van der Waals surface area contributed by atoms with Crippen LogP contribution < -0.4 is 0 Å². The molecule has 0 spiro atoms. The first-order chi connectivity index (χ1) is 8.19. The van der Waals surface area contributed by atoms with E-state index in [0.717, 1.165) is 18.4 Å². The number of carbonyl (C=O) groups excluding carboxylic acids is 1. The largest absolute Gasteiger partial charge is 0.380 e. The molecule has 1 aromatic carbocycles. The van der Waals surface area contributed by atoms with Gasteiger partial charge in [-0.3, -0.25) is 4.79 Å². The molecule has 17 heavy (non-hydrogen) atoms. The lowest BCUT2D eigenvalue weighted by molar-refractivity contribution is -0.118. The van der Waals surface area contributed by atoms with Crippen LogP contribution >= 0.6 is 15.9 Å². The number of methoxy groups -OCH3 is 1. The average molecular weight is 299 g/mol. The predicted octanol–water partition coefficient (Wildman–Crippen LogP) is 3.51. The molecule has 3 heteroatoms. The first-order valence-corrected chi connectivity index (χ1v) is 6.83. The third-order valence-corrected chi connectivity index (χ3v) is 3.50. The Bertz CT molecular complexity index is 363. The number of alkyl halides is 1. The van der Waals surface area contributed by atoms with E-state index in [2.05, 4.69) is 22.0 Å². The van der Waals surface area contributed by atoms with E-state index in [4.69, 9.17) is 4.74 Å². The maximum Gasteiger partial charge on any atom is 0.146 e.